The normalized spacial score (nSPS) is 13.3. The standard InChI is InChI=1S/C14H24O2SSi.C9H15NO2SSi/c1-14(2,3)11-17(15,16)12-8-7-9-13(10-12)18(4,5)6;1-14(2,3)9-6-4-5-8(7-9)13(10,11)12/h7-10H,11H2,1-6H3;4-7H,1-3H3,(H2,10,11,12). The van der Waals surface area contributed by atoms with Crippen LogP contribution in [0.25, 0.3) is 0 Å². The van der Waals surface area contributed by atoms with Gasteiger partial charge in [0, 0.05) is 0 Å². The molecule has 2 aromatic carbocycles. The molecule has 0 unspecified atom stereocenters. The maximum Gasteiger partial charge on any atom is 0.238 e. The first-order valence-corrected chi connectivity index (χ1v) is 20.8. The van der Waals surface area contributed by atoms with Gasteiger partial charge in [-0.2, -0.15) is 0 Å². The number of hydrogen-bond acceptors (Lipinski definition) is 4. The second kappa shape index (κ2) is 9.93. The van der Waals surface area contributed by atoms with Crippen LogP contribution in [0.4, 0.5) is 0 Å². The van der Waals surface area contributed by atoms with Gasteiger partial charge in [-0.3, -0.25) is 0 Å². The smallest absolute Gasteiger partial charge is 0.225 e. The zero-order valence-corrected chi connectivity index (χ0v) is 24.5. The lowest BCUT2D eigenvalue weighted by Gasteiger charge is -2.20. The first-order valence-electron chi connectivity index (χ1n) is 10.6. The van der Waals surface area contributed by atoms with Gasteiger partial charge in [0.15, 0.2) is 9.84 Å². The van der Waals surface area contributed by atoms with E-state index >= 15 is 0 Å². The van der Waals surface area contributed by atoms with Crippen LogP contribution in [0.15, 0.2) is 58.3 Å². The maximum atomic E-state index is 12.3. The molecular formula is C23H39NO4S2Si2. The average Bonchev–Trinajstić information content (AvgIpc) is 2.58. The van der Waals surface area contributed by atoms with Crippen LogP contribution in [0.3, 0.4) is 0 Å². The van der Waals surface area contributed by atoms with E-state index in [0.717, 1.165) is 5.19 Å². The zero-order valence-electron chi connectivity index (χ0n) is 20.9. The number of rotatable bonds is 5. The van der Waals surface area contributed by atoms with Gasteiger partial charge < -0.3 is 0 Å². The third-order valence-corrected chi connectivity index (χ3v) is 11.9. The average molecular weight is 514 g/mol. The van der Waals surface area contributed by atoms with Crippen molar-refractivity contribution in [2.24, 2.45) is 10.6 Å². The Kier molecular flexibility index (Phi) is 8.92. The van der Waals surface area contributed by atoms with Crippen molar-refractivity contribution in [2.75, 3.05) is 5.75 Å². The minimum absolute atomic E-state index is 0.190. The van der Waals surface area contributed by atoms with Crippen molar-refractivity contribution in [1.29, 1.82) is 0 Å². The summed E-state index contributed by atoms with van der Waals surface area (Å²) in [7, 11) is -9.67. The molecule has 0 aromatic heterocycles. The van der Waals surface area contributed by atoms with Crippen molar-refractivity contribution in [2.45, 2.75) is 69.8 Å². The quantitative estimate of drug-likeness (QED) is 0.613. The SMILES string of the molecule is CC(C)(C)CS(=O)(=O)c1cccc([Si](C)(C)C)c1.C[Si](C)(C)c1cccc(S(N)(=O)=O)c1. The Labute approximate surface area is 197 Å². The molecule has 0 spiro atoms. The number of primary sulfonamides is 1. The van der Waals surface area contributed by atoms with Crippen molar-refractivity contribution in [1.82, 2.24) is 0 Å². The van der Waals surface area contributed by atoms with E-state index in [1.54, 1.807) is 18.2 Å². The Bertz CT molecular complexity index is 1140. The molecule has 0 saturated heterocycles. The lowest BCUT2D eigenvalue weighted by Crippen LogP contribution is -2.38. The van der Waals surface area contributed by atoms with Crippen molar-refractivity contribution in [3.05, 3.63) is 48.5 Å². The highest BCUT2D eigenvalue weighted by molar-refractivity contribution is 7.91. The number of hydrogen-bond donors (Lipinski definition) is 1. The Morgan fingerprint density at radius 1 is 0.719 bits per heavy atom. The molecule has 2 rings (SSSR count). The summed E-state index contributed by atoms with van der Waals surface area (Å²) in [5.41, 5.74) is -0.214. The van der Waals surface area contributed by atoms with Gasteiger partial charge in [0.2, 0.25) is 10.0 Å². The summed E-state index contributed by atoms with van der Waals surface area (Å²) in [4.78, 5) is 0.676. The summed E-state index contributed by atoms with van der Waals surface area (Å²) >= 11 is 0. The number of sulfone groups is 1. The molecule has 0 saturated carbocycles. The van der Waals surface area contributed by atoms with Crippen LogP contribution in [0.1, 0.15) is 20.8 Å². The van der Waals surface area contributed by atoms with Crippen LogP contribution in [-0.4, -0.2) is 38.7 Å². The first kappa shape index (κ1) is 28.8. The molecule has 0 bridgehead atoms. The Morgan fingerprint density at radius 2 is 1.09 bits per heavy atom. The highest BCUT2D eigenvalue weighted by atomic mass is 32.2. The molecule has 9 heteroatoms. The lowest BCUT2D eigenvalue weighted by atomic mass is 10.0. The molecule has 0 amide bonds. The molecule has 2 aromatic rings. The monoisotopic (exact) mass is 513 g/mol. The molecule has 32 heavy (non-hydrogen) atoms. The molecule has 0 heterocycles. The van der Waals surface area contributed by atoms with E-state index in [4.69, 9.17) is 5.14 Å². The summed E-state index contributed by atoms with van der Waals surface area (Å²) in [5, 5.41) is 7.35. The van der Waals surface area contributed by atoms with Crippen LogP contribution in [0.5, 0.6) is 0 Å². The molecule has 180 valence electrons. The largest absolute Gasteiger partial charge is 0.238 e. The van der Waals surface area contributed by atoms with Crippen LogP contribution in [-0.2, 0) is 19.9 Å². The molecule has 0 aliphatic rings. The first-order chi connectivity index (χ1) is 14.1. The Balaban J connectivity index is 0.000000330. The van der Waals surface area contributed by atoms with Crippen molar-refractivity contribution in [3.63, 3.8) is 0 Å². The number of nitrogens with two attached hydrogens (primary N) is 1. The maximum absolute atomic E-state index is 12.3. The summed E-state index contributed by atoms with van der Waals surface area (Å²) in [5.74, 6) is 0.190. The van der Waals surface area contributed by atoms with E-state index < -0.39 is 36.0 Å². The molecule has 0 fully saturated rings. The van der Waals surface area contributed by atoms with Crippen LogP contribution in [0.2, 0.25) is 39.3 Å². The van der Waals surface area contributed by atoms with E-state index in [9.17, 15) is 16.8 Å². The van der Waals surface area contributed by atoms with Gasteiger partial charge in [-0.15, -0.1) is 0 Å². The number of benzene rings is 2. The van der Waals surface area contributed by atoms with E-state index in [-0.39, 0.29) is 16.1 Å². The van der Waals surface area contributed by atoms with Gasteiger partial charge in [-0.1, -0.05) is 94.7 Å². The third kappa shape index (κ3) is 9.31. The van der Waals surface area contributed by atoms with Gasteiger partial charge in [-0.05, 0) is 29.7 Å². The summed E-state index contributed by atoms with van der Waals surface area (Å²) in [6.45, 7) is 19.0. The fourth-order valence-corrected chi connectivity index (χ4v) is 7.99. The fourth-order valence-electron chi connectivity index (χ4n) is 2.95. The predicted octanol–water partition coefficient (Wildman–Crippen LogP) is 3.93. The van der Waals surface area contributed by atoms with E-state index in [0.29, 0.717) is 4.90 Å². The second-order valence-corrected chi connectivity index (χ2v) is 25.1. The summed E-state index contributed by atoms with van der Waals surface area (Å²) in [6.07, 6.45) is 0. The zero-order chi connectivity index (χ0) is 25.2. The van der Waals surface area contributed by atoms with E-state index in [2.05, 4.69) is 39.3 Å². The van der Waals surface area contributed by atoms with Crippen LogP contribution < -0.4 is 15.5 Å². The molecule has 2 N–H and O–H groups in total. The lowest BCUT2D eigenvalue weighted by molar-refractivity contribution is 0.461. The molecule has 0 aliphatic heterocycles. The minimum atomic E-state index is -3.56. The van der Waals surface area contributed by atoms with Gasteiger partial charge in [-0.25, -0.2) is 22.0 Å². The molecule has 0 aliphatic carbocycles. The molecule has 0 atom stereocenters. The van der Waals surface area contributed by atoms with Gasteiger partial charge in [0.1, 0.15) is 0 Å². The molecular weight excluding hydrogens is 475 g/mol. The van der Waals surface area contributed by atoms with E-state index in [1.165, 1.54) is 11.3 Å². The third-order valence-electron chi connectivity index (χ3n) is 4.71. The van der Waals surface area contributed by atoms with Crippen molar-refractivity contribution < 1.29 is 16.8 Å². The molecule has 5 nitrogen and oxygen atoms in total. The highest BCUT2D eigenvalue weighted by Crippen LogP contribution is 2.21. The Hall–Kier alpha value is -1.27. The van der Waals surface area contributed by atoms with Crippen LogP contribution >= 0.6 is 0 Å². The topological polar surface area (TPSA) is 94.3 Å². The second-order valence-electron chi connectivity index (χ2n) is 11.4. The van der Waals surface area contributed by atoms with Crippen molar-refractivity contribution in [3.8, 4) is 0 Å². The van der Waals surface area contributed by atoms with Crippen LogP contribution in [0, 0.1) is 5.41 Å². The Morgan fingerprint density at radius 3 is 1.44 bits per heavy atom. The number of sulfonamides is 1. The van der Waals surface area contributed by atoms with Crippen molar-refractivity contribution >= 4 is 46.4 Å². The minimum Gasteiger partial charge on any atom is -0.225 e. The summed E-state index contributed by atoms with van der Waals surface area (Å²) < 4.78 is 46.9. The van der Waals surface area contributed by atoms with Gasteiger partial charge in [0.25, 0.3) is 0 Å². The molecule has 0 radical (unpaired) electrons. The van der Waals surface area contributed by atoms with Gasteiger partial charge in [0.05, 0.1) is 31.7 Å². The fraction of sp³-hybridized carbons (Fsp3) is 0.478. The summed E-state index contributed by atoms with van der Waals surface area (Å²) in [6, 6.07) is 14.4. The van der Waals surface area contributed by atoms with E-state index in [1.807, 2.05) is 45.0 Å². The van der Waals surface area contributed by atoms with Gasteiger partial charge >= 0.3 is 0 Å². The highest BCUT2D eigenvalue weighted by Gasteiger charge is 2.25. The predicted molar refractivity (Wildman–Crippen MR) is 142 cm³/mol.